The standard InChI is InChI=1S/C23H24N2O6S/c1-13-2-4-14(5-3-13)10-24-23-25-17(12-32-23)15-6-8-16(9-7-15)30-22-21(29)20(28)19(27)18(11-26)31-22/h2-10,12,18-22,26-29H,11H2,1H3/b24-10+/t18-,19-,20+,21-,22-/m1/s1. The third kappa shape index (κ3) is 5.04. The van der Waals surface area contributed by atoms with Gasteiger partial charge in [-0.3, -0.25) is 0 Å². The Bertz CT molecular complexity index is 1050. The van der Waals surface area contributed by atoms with Gasteiger partial charge in [0.2, 0.25) is 11.4 Å². The van der Waals surface area contributed by atoms with Crippen molar-refractivity contribution in [3.05, 3.63) is 65.0 Å². The maximum Gasteiger partial charge on any atom is 0.229 e. The summed E-state index contributed by atoms with van der Waals surface area (Å²) in [5, 5.41) is 41.7. The topological polar surface area (TPSA) is 125 Å². The molecule has 4 N–H and O–H groups in total. The lowest BCUT2D eigenvalue weighted by molar-refractivity contribution is -0.277. The minimum Gasteiger partial charge on any atom is -0.462 e. The van der Waals surface area contributed by atoms with Gasteiger partial charge in [0.15, 0.2) is 0 Å². The first-order valence-corrected chi connectivity index (χ1v) is 11.0. The number of benzene rings is 2. The lowest BCUT2D eigenvalue weighted by atomic mass is 9.99. The Morgan fingerprint density at radius 2 is 1.75 bits per heavy atom. The fourth-order valence-electron chi connectivity index (χ4n) is 3.24. The van der Waals surface area contributed by atoms with E-state index in [1.807, 2.05) is 48.7 Å². The SMILES string of the molecule is Cc1ccc(/C=N/c2nc(-c3ccc(O[C@@H]4O[C@H](CO)[C@@H](O)[C@H](O)[C@H]4O)cc3)cs2)cc1. The van der Waals surface area contributed by atoms with E-state index in [1.165, 1.54) is 16.9 Å². The van der Waals surface area contributed by atoms with Crippen molar-refractivity contribution in [2.75, 3.05) is 6.61 Å². The normalized spacial score (nSPS) is 25.8. The molecule has 5 atom stereocenters. The summed E-state index contributed by atoms with van der Waals surface area (Å²) in [6.07, 6.45) is -4.84. The number of aliphatic hydroxyl groups excluding tert-OH is 4. The Balaban J connectivity index is 1.41. The lowest BCUT2D eigenvalue weighted by Crippen LogP contribution is -2.60. The molecule has 32 heavy (non-hydrogen) atoms. The molecule has 1 aliphatic heterocycles. The van der Waals surface area contributed by atoms with Crippen molar-refractivity contribution in [2.45, 2.75) is 37.6 Å². The summed E-state index contributed by atoms with van der Waals surface area (Å²) < 4.78 is 11.0. The highest BCUT2D eigenvalue weighted by Crippen LogP contribution is 2.29. The third-order valence-electron chi connectivity index (χ3n) is 5.14. The lowest BCUT2D eigenvalue weighted by Gasteiger charge is -2.39. The molecular weight excluding hydrogens is 432 g/mol. The largest absolute Gasteiger partial charge is 0.462 e. The Kier molecular flexibility index (Phi) is 6.95. The maximum absolute atomic E-state index is 10.1. The molecule has 168 valence electrons. The molecule has 1 saturated heterocycles. The first-order valence-electron chi connectivity index (χ1n) is 10.1. The van der Waals surface area contributed by atoms with Crippen LogP contribution in [0.3, 0.4) is 0 Å². The number of nitrogens with zero attached hydrogens (tertiary/aromatic N) is 2. The van der Waals surface area contributed by atoms with Gasteiger partial charge in [0.05, 0.1) is 12.3 Å². The predicted octanol–water partition coefficient (Wildman–Crippen LogP) is 2.05. The summed E-state index contributed by atoms with van der Waals surface area (Å²) >= 11 is 1.43. The van der Waals surface area contributed by atoms with Gasteiger partial charge in [-0.25, -0.2) is 9.98 Å². The van der Waals surface area contributed by atoms with E-state index in [1.54, 1.807) is 18.3 Å². The van der Waals surface area contributed by atoms with E-state index in [4.69, 9.17) is 9.47 Å². The Morgan fingerprint density at radius 3 is 2.44 bits per heavy atom. The minimum absolute atomic E-state index is 0.394. The summed E-state index contributed by atoms with van der Waals surface area (Å²) in [6.45, 7) is 1.52. The van der Waals surface area contributed by atoms with E-state index < -0.39 is 37.3 Å². The number of rotatable bonds is 6. The fourth-order valence-corrected chi connectivity index (χ4v) is 3.91. The van der Waals surface area contributed by atoms with Gasteiger partial charge < -0.3 is 29.9 Å². The van der Waals surface area contributed by atoms with E-state index >= 15 is 0 Å². The van der Waals surface area contributed by atoms with Crippen molar-refractivity contribution in [2.24, 2.45) is 4.99 Å². The molecule has 2 aromatic carbocycles. The van der Waals surface area contributed by atoms with Gasteiger partial charge in [-0.2, -0.15) is 0 Å². The second-order valence-corrected chi connectivity index (χ2v) is 8.36. The smallest absolute Gasteiger partial charge is 0.229 e. The van der Waals surface area contributed by atoms with Crippen LogP contribution in [0.25, 0.3) is 11.3 Å². The van der Waals surface area contributed by atoms with Crippen molar-refractivity contribution in [1.29, 1.82) is 0 Å². The maximum atomic E-state index is 10.1. The fraction of sp³-hybridized carbons (Fsp3) is 0.304. The molecule has 0 spiro atoms. The van der Waals surface area contributed by atoms with Crippen LogP contribution in [0.1, 0.15) is 11.1 Å². The molecule has 0 aliphatic carbocycles. The molecule has 1 aromatic heterocycles. The van der Waals surface area contributed by atoms with Crippen LogP contribution in [-0.2, 0) is 4.74 Å². The van der Waals surface area contributed by atoms with Gasteiger partial charge in [-0.05, 0) is 36.8 Å². The molecule has 8 nitrogen and oxygen atoms in total. The number of hydrogen-bond acceptors (Lipinski definition) is 9. The number of aliphatic hydroxyl groups is 4. The molecule has 2 heterocycles. The van der Waals surface area contributed by atoms with Crippen LogP contribution in [0.4, 0.5) is 5.13 Å². The highest BCUT2D eigenvalue weighted by atomic mass is 32.1. The van der Waals surface area contributed by atoms with Gasteiger partial charge in [-0.15, -0.1) is 11.3 Å². The van der Waals surface area contributed by atoms with Crippen molar-refractivity contribution >= 4 is 22.7 Å². The molecule has 1 fully saturated rings. The molecule has 9 heteroatoms. The molecule has 0 bridgehead atoms. The van der Waals surface area contributed by atoms with E-state index in [9.17, 15) is 20.4 Å². The van der Waals surface area contributed by atoms with Crippen LogP contribution in [0, 0.1) is 6.92 Å². The van der Waals surface area contributed by atoms with E-state index in [0.717, 1.165) is 16.8 Å². The van der Waals surface area contributed by atoms with Gasteiger partial charge in [-0.1, -0.05) is 29.8 Å². The monoisotopic (exact) mass is 456 g/mol. The number of ether oxygens (including phenoxy) is 2. The van der Waals surface area contributed by atoms with Crippen molar-refractivity contribution in [3.63, 3.8) is 0 Å². The molecule has 1 aliphatic rings. The first-order chi connectivity index (χ1) is 15.4. The van der Waals surface area contributed by atoms with Gasteiger partial charge in [0.25, 0.3) is 0 Å². The quantitative estimate of drug-likeness (QED) is 0.419. The number of thiazole rings is 1. The summed E-state index contributed by atoms with van der Waals surface area (Å²) in [5.74, 6) is 0.394. The zero-order valence-corrected chi connectivity index (χ0v) is 18.1. The van der Waals surface area contributed by atoms with Crippen molar-refractivity contribution in [1.82, 2.24) is 4.98 Å². The Morgan fingerprint density at radius 1 is 1.03 bits per heavy atom. The average molecular weight is 457 g/mol. The number of aromatic nitrogens is 1. The zero-order valence-electron chi connectivity index (χ0n) is 17.3. The Labute approximate surface area is 189 Å². The van der Waals surface area contributed by atoms with Gasteiger partial charge in [0.1, 0.15) is 30.2 Å². The molecule has 3 aromatic rings. The summed E-state index contributed by atoms with van der Waals surface area (Å²) in [7, 11) is 0. The summed E-state index contributed by atoms with van der Waals surface area (Å²) in [5.41, 5.74) is 3.82. The number of hydrogen-bond donors (Lipinski definition) is 4. The molecular formula is C23H24N2O6S. The van der Waals surface area contributed by atoms with Crippen LogP contribution >= 0.6 is 11.3 Å². The van der Waals surface area contributed by atoms with Crippen LogP contribution in [0.5, 0.6) is 5.75 Å². The number of aliphatic imine (C=N–C) groups is 1. The second kappa shape index (κ2) is 9.86. The van der Waals surface area contributed by atoms with Crippen LogP contribution in [-0.4, -0.2) is 68.9 Å². The van der Waals surface area contributed by atoms with E-state index in [0.29, 0.717) is 10.9 Å². The average Bonchev–Trinajstić information content (AvgIpc) is 3.28. The summed E-state index contributed by atoms with van der Waals surface area (Å²) in [6, 6.07) is 15.0. The van der Waals surface area contributed by atoms with Gasteiger partial charge >= 0.3 is 0 Å². The first kappa shape index (κ1) is 22.5. The van der Waals surface area contributed by atoms with Crippen molar-refractivity contribution in [3.8, 4) is 17.0 Å². The van der Waals surface area contributed by atoms with E-state index in [-0.39, 0.29) is 0 Å². The van der Waals surface area contributed by atoms with Crippen LogP contribution in [0.15, 0.2) is 58.9 Å². The van der Waals surface area contributed by atoms with E-state index in [2.05, 4.69) is 9.98 Å². The summed E-state index contributed by atoms with van der Waals surface area (Å²) in [4.78, 5) is 8.97. The Hall–Kier alpha value is -2.66. The minimum atomic E-state index is -1.49. The predicted molar refractivity (Wildman–Crippen MR) is 120 cm³/mol. The van der Waals surface area contributed by atoms with Crippen LogP contribution < -0.4 is 4.74 Å². The highest BCUT2D eigenvalue weighted by molar-refractivity contribution is 7.13. The molecule has 0 saturated carbocycles. The number of aryl methyl sites for hydroxylation is 1. The zero-order chi connectivity index (χ0) is 22.7. The molecule has 0 unspecified atom stereocenters. The second-order valence-electron chi connectivity index (χ2n) is 7.52. The highest BCUT2D eigenvalue weighted by Gasteiger charge is 2.44. The third-order valence-corrected chi connectivity index (χ3v) is 5.89. The molecule has 0 amide bonds. The van der Waals surface area contributed by atoms with Crippen LogP contribution in [0.2, 0.25) is 0 Å². The van der Waals surface area contributed by atoms with Crippen molar-refractivity contribution < 1.29 is 29.9 Å². The molecule has 0 radical (unpaired) electrons. The molecule has 4 rings (SSSR count). The van der Waals surface area contributed by atoms with Gasteiger partial charge in [0, 0.05) is 17.2 Å².